The van der Waals surface area contributed by atoms with Crippen LogP contribution in [0.4, 0.5) is 0 Å². The Morgan fingerprint density at radius 2 is 2.08 bits per heavy atom. The van der Waals surface area contributed by atoms with Crippen molar-refractivity contribution in [3.05, 3.63) is 40.9 Å². The van der Waals surface area contributed by atoms with Crippen LogP contribution >= 0.6 is 0 Å². The number of likely N-dealkylation sites (tertiary alicyclic amines) is 1. The maximum atomic E-state index is 12.4. The number of benzene rings is 1. The number of fused-ring (bicyclic) bond motifs is 1. The Kier molecular flexibility index (Phi) is 4.53. The molecule has 1 saturated carbocycles. The first-order chi connectivity index (χ1) is 12.2. The summed E-state index contributed by atoms with van der Waals surface area (Å²) in [6.07, 6.45) is 5.50. The highest BCUT2D eigenvalue weighted by Gasteiger charge is 2.29. The average molecular weight is 341 g/mol. The third-order valence-electron chi connectivity index (χ3n) is 5.06. The molecule has 1 aromatic heterocycles. The number of ether oxygens (including phenoxy) is 1. The van der Waals surface area contributed by atoms with Gasteiger partial charge >= 0.3 is 0 Å². The van der Waals surface area contributed by atoms with Gasteiger partial charge in [-0.25, -0.2) is 4.98 Å². The number of rotatable bonds is 6. The Balaban J connectivity index is 1.33. The van der Waals surface area contributed by atoms with Crippen LogP contribution in [0.1, 0.15) is 25.7 Å². The lowest BCUT2D eigenvalue weighted by Gasteiger charge is -2.17. The van der Waals surface area contributed by atoms with Gasteiger partial charge in [-0.15, -0.1) is 0 Å². The number of hydrogen-bond donors (Lipinski definition) is 0. The van der Waals surface area contributed by atoms with Crippen LogP contribution in [0.3, 0.4) is 0 Å². The smallest absolute Gasteiger partial charge is 0.261 e. The maximum absolute atomic E-state index is 12.4. The molecule has 1 saturated heterocycles. The molecule has 1 atom stereocenters. The number of carbonyl (C=O) groups excluding carboxylic acids is 1. The van der Waals surface area contributed by atoms with E-state index in [0.717, 1.165) is 25.5 Å². The van der Waals surface area contributed by atoms with Crippen molar-refractivity contribution >= 4 is 16.8 Å². The Bertz CT molecular complexity index is 828. The molecule has 0 bridgehead atoms. The van der Waals surface area contributed by atoms with Gasteiger partial charge in [0.2, 0.25) is 5.91 Å². The number of nitrogens with zero attached hydrogens (tertiary/aromatic N) is 3. The van der Waals surface area contributed by atoms with Gasteiger partial charge in [0.15, 0.2) is 0 Å². The SMILES string of the molecule is O=C(CCn1cnc2ccccc2c1=O)N1CCC(OCC2CC2)C1. The molecule has 2 heterocycles. The van der Waals surface area contributed by atoms with Crippen molar-refractivity contribution in [2.45, 2.75) is 38.3 Å². The Morgan fingerprint density at radius 3 is 2.92 bits per heavy atom. The fraction of sp³-hybridized carbons (Fsp3) is 0.526. The largest absolute Gasteiger partial charge is 0.376 e. The summed E-state index contributed by atoms with van der Waals surface area (Å²) in [7, 11) is 0. The average Bonchev–Trinajstić information content (AvgIpc) is 3.35. The monoisotopic (exact) mass is 341 g/mol. The third kappa shape index (κ3) is 3.74. The van der Waals surface area contributed by atoms with Gasteiger partial charge in [0.25, 0.3) is 5.56 Å². The summed E-state index contributed by atoms with van der Waals surface area (Å²) < 4.78 is 7.40. The van der Waals surface area contributed by atoms with Gasteiger partial charge in [-0.05, 0) is 37.3 Å². The lowest BCUT2D eigenvalue weighted by molar-refractivity contribution is -0.130. The van der Waals surface area contributed by atoms with E-state index in [9.17, 15) is 9.59 Å². The summed E-state index contributed by atoms with van der Waals surface area (Å²) in [6.45, 7) is 2.62. The fourth-order valence-corrected chi connectivity index (χ4v) is 3.29. The summed E-state index contributed by atoms with van der Waals surface area (Å²) in [5.74, 6) is 0.828. The van der Waals surface area contributed by atoms with Crippen molar-refractivity contribution in [3.8, 4) is 0 Å². The molecule has 2 fully saturated rings. The lowest BCUT2D eigenvalue weighted by atomic mass is 10.2. The van der Waals surface area contributed by atoms with Crippen molar-refractivity contribution < 1.29 is 9.53 Å². The van der Waals surface area contributed by atoms with Crippen LogP contribution < -0.4 is 5.56 Å². The number of hydrogen-bond acceptors (Lipinski definition) is 4. The summed E-state index contributed by atoms with van der Waals surface area (Å²) in [4.78, 5) is 31.0. The first kappa shape index (κ1) is 16.3. The first-order valence-corrected chi connectivity index (χ1v) is 9.04. The van der Waals surface area contributed by atoms with E-state index in [4.69, 9.17) is 4.74 Å². The molecule has 0 N–H and O–H groups in total. The minimum Gasteiger partial charge on any atom is -0.376 e. The summed E-state index contributed by atoms with van der Waals surface area (Å²) in [5, 5.41) is 0.590. The van der Waals surface area contributed by atoms with Gasteiger partial charge in [0.05, 0.1) is 23.3 Å². The Labute approximate surface area is 146 Å². The van der Waals surface area contributed by atoms with Gasteiger partial charge in [0, 0.05) is 32.7 Å². The summed E-state index contributed by atoms with van der Waals surface area (Å²) >= 11 is 0. The van der Waals surface area contributed by atoms with E-state index in [-0.39, 0.29) is 17.6 Å². The normalized spacial score (nSPS) is 20.3. The number of aromatic nitrogens is 2. The van der Waals surface area contributed by atoms with Crippen LogP contribution in [0.2, 0.25) is 0 Å². The predicted molar refractivity (Wildman–Crippen MR) is 94.3 cm³/mol. The molecule has 1 aliphatic carbocycles. The van der Waals surface area contributed by atoms with E-state index in [1.807, 2.05) is 23.1 Å². The zero-order chi connectivity index (χ0) is 17.2. The van der Waals surface area contributed by atoms with Gasteiger partial charge < -0.3 is 9.64 Å². The second-order valence-electron chi connectivity index (χ2n) is 7.04. The van der Waals surface area contributed by atoms with Crippen molar-refractivity contribution in [1.82, 2.24) is 14.5 Å². The number of carbonyl (C=O) groups is 1. The van der Waals surface area contributed by atoms with E-state index in [2.05, 4.69) is 4.98 Å². The van der Waals surface area contributed by atoms with E-state index < -0.39 is 0 Å². The Morgan fingerprint density at radius 1 is 1.24 bits per heavy atom. The lowest BCUT2D eigenvalue weighted by Crippen LogP contribution is -2.32. The van der Waals surface area contributed by atoms with E-state index in [1.54, 1.807) is 6.07 Å². The standard InChI is InChI=1S/C19H23N3O3/c23-18(21-9-7-15(11-21)25-12-14-5-6-14)8-10-22-13-20-17-4-2-1-3-16(17)19(22)24/h1-4,13-15H,5-12H2. The molecular formula is C19H23N3O3. The van der Waals surface area contributed by atoms with Crippen LogP contribution in [0.15, 0.2) is 35.4 Å². The number of para-hydroxylation sites is 1. The molecule has 1 aromatic carbocycles. The molecule has 25 heavy (non-hydrogen) atoms. The molecule has 0 spiro atoms. The topological polar surface area (TPSA) is 64.4 Å². The predicted octanol–water partition coefficient (Wildman–Crippen LogP) is 1.81. The molecule has 4 rings (SSSR count). The van der Waals surface area contributed by atoms with Crippen LogP contribution in [0.25, 0.3) is 10.9 Å². The van der Waals surface area contributed by atoms with E-state index >= 15 is 0 Å². The molecular weight excluding hydrogens is 318 g/mol. The zero-order valence-corrected chi connectivity index (χ0v) is 14.3. The second-order valence-corrected chi connectivity index (χ2v) is 7.04. The summed E-state index contributed by atoms with van der Waals surface area (Å²) in [5.41, 5.74) is 0.593. The molecule has 2 aromatic rings. The van der Waals surface area contributed by atoms with Crippen LogP contribution in [0, 0.1) is 5.92 Å². The van der Waals surface area contributed by atoms with Crippen LogP contribution in [-0.2, 0) is 16.1 Å². The van der Waals surface area contributed by atoms with Gasteiger partial charge in [-0.2, -0.15) is 0 Å². The fourth-order valence-electron chi connectivity index (χ4n) is 3.29. The van der Waals surface area contributed by atoms with Crippen molar-refractivity contribution in [2.24, 2.45) is 5.92 Å². The number of amides is 1. The van der Waals surface area contributed by atoms with Crippen LogP contribution in [0.5, 0.6) is 0 Å². The minimum atomic E-state index is -0.0922. The second kappa shape index (κ2) is 6.96. The highest BCUT2D eigenvalue weighted by Crippen LogP contribution is 2.30. The van der Waals surface area contributed by atoms with Crippen molar-refractivity contribution in [2.75, 3.05) is 19.7 Å². The third-order valence-corrected chi connectivity index (χ3v) is 5.06. The molecule has 6 nitrogen and oxygen atoms in total. The highest BCUT2D eigenvalue weighted by molar-refractivity contribution is 5.77. The van der Waals surface area contributed by atoms with Crippen LogP contribution in [-0.4, -0.2) is 46.2 Å². The Hall–Kier alpha value is -2.21. The molecule has 0 radical (unpaired) electrons. The molecule has 1 amide bonds. The van der Waals surface area contributed by atoms with Gasteiger partial charge in [-0.1, -0.05) is 12.1 Å². The zero-order valence-electron chi connectivity index (χ0n) is 14.3. The van der Waals surface area contributed by atoms with Gasteiger partial charge in [-0.3, -0.25) is 14.2 Å². The van der Waals surface area contributed by atoms with Crippen molar-refractivity contribution in [1.29, 1.82) is 0 Å². The molecule has 1 aliphatic heterocycles. The molecule has 2 aliphatic rings. The van der Waals surface area contributed by atoms with E-state index in [0.29, 0.717) is 30.4 Å². The van der Waals surface area contributed by atoms with Gasteiger partial charge in [0.1, 0.15) is 0 Å². The molecule has 132 valence electrons. The first-order valence-electron chi connectivity index (χ1n) is 9.04. The maximum Gasteiger partial charge on any atom is 0.261 e. The molecule has 1 unspecified atom stereocenters. The highest BCUT2D eigenvalue weighted by atomic mass is 16.5. The minimum absolute atomic E-state index is 0.0811. The number of aryl methyl sites for hydroxylation is 1. The summed E-state index contributed by atoms with van der Waals surface area (Å²) in [6, 6.07) is 7.27. The quantitative estimate of drug-likeness (QED) is 0.804. The van der Waals surface area contributed by atoms with E-state index in [1.165, 1.54) is 23.7 Å². The van der Waals surface area contributed by atoms with Crippen molar-refractivity contribution in [3.63, 3.8) is 0 Å². The molecule has 6 heteroatoms.